The number of halogens is 1. The molecule has 5 aliphatic carbocycles. The fourth-order valence-corrected chi connectivity index (χ4v) is 10.6. The third kappa shape index (κ3) is 8.02. The smallest absolute Gasteiger partial charge is 0.407 e. The lowest BCUT2D eigenvalue weighted by atomic mass is 9.44. The molecule has 0 spiro atoms. The van der Waals surface area contributed by atoms with Crippen LogP contribution in [0.2, 0.25) is 0 Å². The quantitative estimate of drug-likeness (QED) is 0.147. The topological polar surface area (TPSA) is 231 Å². The highest BCUT2D eigenvalue weighted by molar-refractivity contribution is 5.95. The number of esters is 4. The van der Waals surface area contributed by atoms with E-state index < -0.39 is 143 Å². The molecule has 17 heteroatoms. The van der Waals surface area contributed by atoms with Crippen molar-refractivity contribution < 1.29 is 76.9 Å². The number of hydrogen-bond donors (Lipinski definition) is 4. The number of nitrogens with one attached hydrogen (secondary N) is 1. The highest BCUT2D eigenvalue weighted by Gasteiger charge is 2.80. The lowest BCUT2D eigenvalue weighted by molar-refractivity contribution is -0.363. The molecule has 342 valence electrons. The second-order valence-corrected chi connectivity index (χ2v) is 19.2. The van der Waals surface area contributed by atoms with Crippen molar-refractivity contribution in [3.05, 3.63) is 47.6 Å². The molecular formula is C45H60FNO15. The van der Waals surface area contributed by atoms with Crippen molar-refractivity contribution in [1.82, 2.24) is 5.32 Å². The second-order valence-electron chi connectivity index (χ2n) is 19.2. The maximum atomic E-state index is 16.6. The maximum Gasteiger partial charge on any atom is 0.407 e. The molecule has 4 N–H and O–H groups in total. The maximum absolute atomic E-state index is 16.6. The number of Topliss-reactive ketones (excluding diaryl/α,β-unsaturated/α-hetero) is 1. The number of amides is 1. The van der Waals surface area contributed by atoms with Gasteiger partial charge in [0.15, 0.2) is 29.8 Å². The Kier molecular flexibility index (Phi) is 12.8. The van der Waals surface area contributed by atoms with E-state index in [2.05, 4.69) is 5.32 Å². The summed E-state index contributed by atoms with van der Waals surface area (Å²) in [5, 5.41) is 39.9. The normalized spacial score (nSPS) is 38.1. The summed E-state index contributed by atoms with van der Waals surface area (Å²) in [7, 11) is 0. The number of fused-ring (bicyclic) bond motifs is 5. The van der Waals surface area contributed by atoms with Crippen LogP contribution in [0.3, 0.4) is 0 Å². The van der Waals surface area contributed by atoms with E-state index in [1.54, 1.807) is 51.2 Å². The van der Waals surface area contributed by atoms with Crippen LogP contribution in [0.4, 0.5) is 9.18 Å². The third-order valence-corrected chi connectivity index (χ3v) is 13.8. The summed E-state index contributed by atoms with van der Waals surface area (Å²) in [6.07, 6.45) is -3.15. The van der Waals surface area contributed by atoms with E-state index in [1.165, 1.54) is 27.7 Å². The highest BCUT2D eigenvalue weighted by atomic mass is 19.1. The van der Waals surface area contributed by atoms with Gasteiger partial charge in [-0.1, -0.05) is 50.3 Å². The molecule has 1 amide bonds. The van der Waals surface area contributed by atoms with Gasteiger partial charge in [0.2, 0.25) is 0 Å². The van der Waals surface area contributed by atoms with Gasteiger partial charge in [0, 0.05) is 31.6 Å². The first kappa shape index (κ1) is 47.0. The number of ketones is 1. The first-order valence-corrected chi connectivity index (χ1v) is 21.2. The van der Waals surface area contributed by atoms with Gasteiger partial charge >= 0.3 is 30.0 Å². The van der Waals surface area contributed by atoms with Gasteiger partial charge in [-0.3, -0.25) is 19.2 Å². The van der Waals surface area contributed by atoms with Gasteiger partial charge in [-0.2, -0.15) is 0 Å². The van der Waals surface area contributed by atoms with Gasteiger partial charge in [-0.05, 0) is 71.4 Å². The van der Waals surface area contributed by atoms with Crippen molar-refractivity contribution in [3.8, 4) is 0 Å². The minimum absolute atomic E-state index is 0.0972. The van der Waals surface area contributed by atoms with Crippen LogP contribution in [0.5, 0.6) is 0 Å². The average molecular weight is 874 g/mol. The number of aliphatic hydroxyl groups excluding tert-OH is 2. The van der Waals surface area contributed by atoms with Gasteiger partial charge < -0.3 is 49.1 Å². The Morgan fingerprint density at radius 3 is 2.23 bits per heavy atom. The van der Waals surface area contributed by atoms with E-state index in [1.807, 2.05) is 6.08 Å². The molecule has 6 aliphatic rings. The molecule has 14 atom stereocenters. The fourth-order valence-electron chi connectivity index (χ4n) is 10.6. The number of alkyl halides is 1. The molecular weight excluding hydrogens is 813 g/mol. The molecule has 1 saturated heterocycles. The van der Waals surface area contributed by atoms with Crippen molar-refractivity contribution >= 4 is 35.8 Å². The van der Waals surface area contributed by atoms with Crippen molar-refractivity contribution in [2.45, 2.75) is 160 Å². The number of carbonyl (C=O) groups excluding carboxylic acids is 6. The third-order valence-electron chi connectivity index (χ3n) is 13.8. The Hall–Kier alpha value is -4.45. The minimum Gasteiger partial charge on any atom is -0.459 e. The van der Waals surface area contributed by atoms with Gasteiger partial charge in [-0.15, -0.1) is 0 Å². The van der Waals surface area contributed by atoms with Crippen LogP contribution >= 0.6 is 0 Å². The predicted octanol–water partition coefficient (Wildman–Crippen LogP) is 3.58. The number of carbonyl (C=O) groups is 6. The van der Waals surface area contributed by atoms with Crippen LogP contribution in [0.25, 0.3) is 0 Å². The Bertz CT molecular complexity index is 1970. The van der Waals surface area contributed by atoms with Crippen molar-refractivity contribution in [1.29, 1.82) is 0 Å². The lowest BCUT2D eigenvalue weighted by Crippen LogP contribution is -2.84. The van der Waals surface area contributed by atoms with Crippen LogP contribution < -0.4 is 5.32 Å². The second kappa shape index (κ2) is 16.9. The number of ether oxygens (including phenoxy) is 6. The summed E-state index contributed by atoms with van der Waals surface area (Å²) in [6.45, 7) is 12.2. The van der Waals surface area contributed by atoms with Crippen molar-refractivity contribution in [3.63, 3.8) is 0 Å². The summed E-state index contributed by atoms with van der Waals surface area (Å²) in [5.41, 5.74) is -9.67. The molecule has 0 aromatic heterocycles. The molecule has 0 aromatic rings. The van der Waals surface area contributed by atoms with Gasteiger partial charge in [0.1, 0.15) is 35.6 Å². The van der Waals surface area contributed by atoms with Crippen molar-refractivity contribution in [2.24, 2.45) is 28.6 Å². The Labute approximate surface area is 360 Å². The Morgan fingerprint density at radius 1 is 0.984 bits per heavy atom. The molecule has 62 heavy (non-hydrogen) atoms. The Balaban J connectivity index is 1.53. The first-order valence-electron chi connectivity index (χ1n) is 21.2. The van der Waals surface area contributed by atoms with Crippen molar-refractivity contribution in [2.75, 3.05) is 6.61 Å². The zero-order valence-corrected chi connectivity index (χ0v) is 36.7. The standard InChI is InChI=1S/C45H60FNO15/c1-22-27(59-39(54)31(50)30(25-16-12-10-13-17-25)47-40(55)62-41(4,5)6)20-45(56)37(60-38(53)26-18-14-11-15-19-26)33-43(9,35(52)32(58-23(2)48)28(22)42(45,7)8)34(51)29(46)36-44(33,21-57-36)61-24(3)49/h10-14,16,25-27,29-34,36-37,50-51,56H,15,17-21H2,1-9H3,(H,47,55)/t25?,26?,27-,29-,30-,31+,32+,33-,34-,36+,37-,43-,44+,45+/m0/s1. The van der Waals surface area contributed by atoms with Crippen LogP contribution in [0, 0.1) is 28.6 Å². The molecule has 1 heterocycles. The molecule has 2 saturated carbocycles. The molecule has 2 unspecified atom stereocenters. The molecule has 0 radical (unpaired) electrons. The van der Waals surface area contributed by atoms with Crippen LogP contribution in [-0.2, 0) is 52.4 Å². The van der Waals surface area contributed by atoms with E-state index in [0.29, 0.717) is 19.3 Å². The molecule has 0 aromatic carbocycles. The van der Waals surface area contributed by atoms with Gasteiger partial charge in [0.25, 0.3) is 0 Å². The SMILES string of the molecule is CC(=O)O[C@H]1C(=O)[C@@]2(C)[C@H]([C@H](OC(=O)C3CC=CCC3)[C@]3(O)C[C@H](OC(=O)[C@H](O)[C@@H](NC(=O)OC(C)(C)C)C4C=CC=CC4)C(C)=C1C3(C)C)[C@]1(OC(C)=O)CO[C@@H]1[C@@H](F)[C@@H]2O. The molecule has 3 fully saturated rings. The average Bonchev–Trinajstić information content (AvgIpc) is 3.18. The summed E-state index contributed by atoms with van der Waals surface area (Å²) in [6, 6.07) is -1.29. The number of aliphatic hydroxyl groups is 3. The van der Waals surface area contributed by atoms with Gasteiger partial charge in [-0.25, -0.2) is 14.0 Å². The number of hydrogen-bond acceptors (Lipinski definition) is 15. The van der Waals surface area contributed by atoms with E-state index in [-0.39, 0.29) is 17.6 Å². The van der Waals surface area contributed by atoms with E-state index in [0.717, 1.165) is 13.8 Å². The predicted molar refractivity (Wildman–Crippen MR) is 215 cm³/mol. The molecule has 2 bridgehead atoms. The van der Waals surface area contributed by atoms with E-state index >= 15 is 9.18 Å². The van der Waals surface area contributed by atoms with Gasteiger partial charge in [0.05, 0.1) is 29.9 Å². The molecule has 6 rings (SSSR count). The Morgan fingerprint density at radius 2 is 1.68 bits per heavy atom. The zero-order chi connectivity index (χ0) is 45.9. The summed E-state index contributed by atoms with van der Waals surface area (Å²) in [5.74, 6) is -8.11. The fraction of sp³-hybridized carbons (Fsp3) is 0.689. The van der Waals surface area contributed by atoms with Crippen LogP contribution in [0.1, 0.15) is 94.4 Å². The largest absolute Gasteiger partial charge is 0.459 e. The first-order chi connectivity index (χ1) is 28.8. The highest BCUT2D eigenvalue weighted by Crippen LogP contribution is 2.65. The number of alkyl carbamates (subject to hydrolysis) is 1. The number of allylic oxidation sites excluding steroid dienone is 5. The van der Waals surface area contributed by atoms with E-state index in [4.69, 9.17) is 28.4 Å². The van der Waals surface area contributed by atoms with Crippen LogP contribution in [0.15, 0.2) is 47.6 Å². The lowest BCUT2D eigenvalue weighted by Gasteiger charge is -2.68. The monoisotopic (exact) mass is 873 g/mol. The molecule has 1 aliphatic heterocycles. The number of rotatable bonds is 9. The summed E-state index contributed by atoms with van der Waals surface area (Å²) < 4.78 is 51.8. The summed E-state index contributed by atoms with van der Waals surface area (Å²) in [4.78, 5) is 83.1. The summed E-state index contributed by atoms with van der Waals surface area (Å²) >= 11 is 0. The minimum atomic E-state index is -2.47. The van der Waals surface area contributed by atoms with Crippen LogP contribution in [-0.4, -0.2) is 123 Å². The zero-order valence-electron chi connectivity index (χ0n) is 36.7. The van der Waals surface area contributed by atoms with E-state index in [9.17, 15) is 39.3 Å². The molecule has 16 nitrogen and oxygen atoms in total.